The molecule has 2 aromatic carbocycles. The molecule has 3 saturated heterocycles. The van der Waals surface area contributed by atoms with Crippen LogP contribution in [0, 0.1) is 24.7 Å². The first-order chi connectivity index (χ1) is 56.3. The Morgan fingerprint density at radius 2 is 1.45 bits per heavy atom. The van der Waals surface area contributed by atoms with E-state index in [2.05, 4.69) is 83.3 Å². The number of carboxylic acids is 3. The summed E-state index contributed by atoms with van der Waals surface area (Å²) in [6, 6.07) is 4.21. The van der Waals surface area contributed by atoms with Crippen LogP contribution in [0.2, 0.25) is 0 Å². The summed E-state index contributed by atoms with van der Waals surface area (Å²) >= 11 is 0. The van der Waals surface area contributed by atoms with E-state index in [4.69, 9.17) is 30.0 Å². The minimum Gasteiger partial charge on any atom is -0.481 e. The number of rotatable bonds is 42. The van der Waals surface area contributed by atoms with Gasteiger partial charge < -0.3 is 96.5 Å². The van der Waals surface area contributed by atoms with Crippen LogP contribution < -0.4 is 42.7 Å². The number of allylic oxidation sites excluding steroid dienone is 3. The Morgan fingerprint density at radius 3 is 2.13 bits per heavy atom. The number of fused-ring (bicyclic) bond motifs is 2. The molecule has 8 amide bonds. The smallest absolute Gasteiger partial charge is 0.481 e. The lowest BCUT2D eigenvalue weighted by atomic mass is 9.72. The standard InChI is InChI=1S/C74H99N12O28P3S2/c1-6-16-44-35-57-48(33-42(44)3)66(49-34-43(4)51(76-7-2)36-58(49)111-57)46-18-8-9-19-47(46)71(98)83(5)28-15-23-60(88)77-26-11-10-20-50(72(99)85-30-14-22-55(85)70(97)80-52(37-64(91)92)68(95)81-53(73(100)101)38-65(93)94)79-69(96)54-21-13-29-84(54)62(90)25-32-119-118-31-24-61(89)78-27-12-17-45-40-86(74(102)82-67(45)75)63-39-56(87)59(112-63)41-110-116(106,107)114-117(108,109)113-115(103,104)105/h8-9,18-19,33-36,40,49-50,52-56,59,63,66,87H,6-7,10-11,13-16,20-32,37-39,41H2,1-5H3,(H,77,88)(H,78,89)(H,79,96)(H,80,97)(H,81,95)(H,91,92)(H,93,94)(H,100,101)(H,106,107)(H,108,109)(H2,75,82,102)(H2,103,104,105)/b76-51+/t49?,50?,52?,53?,54?,55?,56?,59-,63-,66?/m1/s1. The zero-order chi connectivity index (χ0) is 87.2. The van der Waals surface area contributed by atoms with Gasteiger partial charge in [-0.15, -0.1) is 0 Å². The predicted octanol–water partition coefficient (Wildman–Crippen LogP) is 3.46. The van der Waals surface area contributed by atoms with Crippen molar-refractivity contribution in [1.29, 1.82) is 0 Å². The first kappa shape index (κ1) is 95.3. The summed E-state index contributed by atoms with van der Waals surface area (Å²) in [5.74, 6) is -3.47. The van der Waals surface area contributed by atoms with Crippen LogP contribution in [0.15, 0.2) is 75.9 Å². The van der Waals surface area contributed by atoms with Gasteiger partial charge in [-0.05, 0) is 113 Å². The molecular formula is C74H99N12O28P3S2. The number of amides is 8. The number of unbranched alkanes of at least 4 members (excludes halogenated alkanes) is 1. The number of carbonyl (C=O) groups is 11. The highest BCUT2D eigenvalue weighted by molar-refractivity contribution is 8.76. The van der Waals surface area contributed by atoms with Gasteiger partial charge in [0.1, 0.15) is 59.9 Å². The van der Waals surface area contributed by atoms with Crippen molar-refractivity contribution in [2.45, 2.75) is 185 Å². The normalized spacial score (nSPS) is 20.9. The molecule has 0 radical (unpaired) electrons. The molecule has 15 N–H and O–H groups in total. The Morgan fingerprint density at radius 1 is 0.798 bits per heavy atom. The molecule has 45 heteroatoms. The van der Waals surface area contributed by atoms with Gasteiger partial charge in [-0.1, -0.05) is 77.1 Å². The molecule has 0 saturated carbocycles. The average Bonchev–Trinajstić information content (AvgIpc) is 1.47. The maximum atomic E-state index is 14.8. The lowest BCUT2D eigenvalue weighted by Crippen LogP contribution is -2.58. The first-order valence-electron chi connectivity index (χ1n) is 38.3. The van der Waals surface area contributed by atoms with E-state index in [1.807, 2.05) is 49.5 Å². The number of hydrogen-bond acceptors (Lipinski definition) is 26. The van der Waals surface area contributed by atoms with E-state index >= 15 is 0 Å². The van der Waals surface area contributed by atoms with Gasteiger partial charge in [0.05, 0.1) is 43.4 Å². The zero-order valence-electron chi connectivity index (χ0n) is 65.8. The molecule has 8 rings (SSSR count). The largest absolute Gasteiger partial charge is 0.490 e. The van der Waals surface area contributed by atoms with Crippen molar-refractivity contribution in [3.63, 3.8) is 0 Å². The van der Waals surface area contributed by atoms with Crippen LogP contribution in [-0.2, 0) is 85.9 Å². The topological polar surface area (TPSA) is 590 Å². The Balaban J connectivity index is 0.833. The fourth-order valence-electron chi connectivity index (χ4n) is 14.2. The molecule has 3 aromatic rings. The zero-order valence-corrected chi connectivity index (χ0v) is 70.1. The number of carbonyl (C=O) groups excluding carboxylic acids is 8. The number of anilines is 1. The average molecular weight is 1760 g/mol. The maximum absolute atomic E-state index is 14.8. The second-order valence-electron chi connectivity index (χ2n) is 28.6. The van der Waals surface area contributed by atoms with Crippen molar-refractivity contribution in [3.05, 3.63) is 110 Å². The highest BCUT2D eigenvalue weighted by Crippen LogP contribution is 2.66. The lowest BCUT2D eigenvalue weighted by Gasteiger charge is -2.38. The third kappa shape index (κ3) is 27.7. The number of benzene rings is 2. The lowest BCUT2D eigenvalue weighted by molar-refractivity contribution is -0.148. The van der Waals surface area contributed by atoms with Gasteiger partial charge in [0.2, 0.25) is 41.4 Å². The van der Waals surface area contributed by atoms with Crippen LogP contribution in [0.5, 0.6) is 5.75 Å². The quantitative estimate of drug-likeness (QED) is 0.0167. The van der Waals surface area contributed by atoms with Gasteiger partial charge >= 0.3 is 47.1 Å². The van der Waals surface area contributed by atoms with E-state index in [0.717, 1.165) is 68.0 Å². The predicted molar refractivity (Wildman–Crippen MR) is 429 cm³/mol. The fourth-order valence-corrected chi connectivity index (χ4v) is 19.2. The number of aryl methyl sites for hydroxylation is 2. The number of nitrogens with one attached hydrogen (secondary N) is 5. The van der Waals surface area contributed by atoms with Crippen LogP contribution in [0.25, 0.3) is 0 Å². The molecule has 5 aliphatic rings. The minimum atomic E-state index is -5.84. The number of nitrogen functional groups attached to an aromatic ring is 1. The molecule has 0 spiro atoms. The van der Waals surface area contributed by atoms with Crippen LogP contribution >= 0.6 is 45.1 Å². The summed E-state index contributed by atoms with van der Waals surface area (Å²) in [6.45, 7) is 8.12. The van der Waals surface area contributed by atoms with Gasteiger partial charge in [-0.25, -0.2) is 23.3 Å². The number of aliphatic hydroxyl groups is 1. The molecule has 3 fully saturated rings. The number of ether oxygens (including phenoxy) is 2. The molecule has 40 nitrogen and oxygen atoms in total. The number of aliphatic carboxylic acids is 3. The summed E-state index contributed by atoms with van der Waals surface area (Å²) in [4.78, 5) is 208. The molecular weight excluding hydrogens is 1660 g/mol. The number of aliphatic imine (C=N–C) groups is 1. The number of nitrogens with two attached hydrogens (primary N) is 1. The van der Waals surface area contributed by atoms with Crippen molar-refractivity contribution in [1.82, 2.24) is 50.8 Å². The first-order valence-corrected chi connectivity index (χ1v) is 45.3. The number of aliphatic hydroxyl groups excluding tert-OH is 1. The molecule has 0 bridgehead atoms. The van der Waals surface area contributed by atoms with E-state index in [1.54, 1.807) is 11.9 Å². The van der Waals surface area contributed by atoms with Crippen molar-refractivity contribution in [2.75, 3.05) is 70.2 Å². The number of likely N-dealkylation sites (tertiary alicyclic amines) is 2. The second-order valence-corrected chi connectivity index (χ2v) is 35.7. The molecule has 650 valence electrons. The Bertz CT molecular complexity index is 4690. The number of aromatic nitrogens is 2. The molecule has 12 atom stereocenters. The van der Waals surface area contributed by atoms with Gasteiger partial charge in [0.15, 0.2) is 0 Å². The van der Waals surface area contributed by atoms with Gasteiger partial charge in [-0.3, -0.25) is 62.0 Å². The van der Waals surface area contributed by atoms with E-state index < -0.39 is 145 Å². The van der Waals surface area contributed by atoms with E-state index in [1.165, 1.54) is 32.1 Å². The third-order valence-corrected chi connectivity index (χ3v) is 26.0. The van der Waals surface area contributed by atoms with Crippen LogP contribution in [0.3, 0.4) is 0 Å². The Labute approximate surface area is 691 Å². The SMILES string of the molecule is CCCc1cc2c(cc1C)C(c1ccccc1C(=O)N(C)CCCC(=O)NCCCCC(NC(=O)C1CCCN1C(=O)CCSSCCC(=O)NCC#Cc1cn([C@H]3CC(O)[C@@H](COP(=O)(O)OP(=O)(O)OP(=O)(O)O)O3)c(=O)nc1N)C(=O)N1CCCC1C(=O)NC(CC(=O)O)C(=O)NC(CC(=O)O)C(=O)O)C1C=C(C)/C(=N/CC)C=C1O2. The fraction of sp³-hybridized carbons (Fsp3) is 0.541. The number of carboxylic acid groups (broad SMARTS) is 3. The summed E-state index contributed by atoms with van der Waals surface area (Å²) in [6.07, 6.45) is 2.06. The van der Waals surface area contributed by atoms with Crippen molar-refractivity contribution >= 4 is 122 Å². The summed E-state index contributed by atoms with van der Waals surface area (Å²) < 4.78 is 59.8. The van der Waals surface area contributed by atoms with Gasteiger partial charge in [0.25, 0.3) is 5.91 Å². The van der Waals surface area contributed by atoms with Crippen molar-refractivity contribution < 1.29 is 129 Å². The highest BCUT2D eigenvalue weighted by atomic mass is 33.1. The molecule has 1 aliphatic carbocycles. The summed E-state index contributed by atoms with van der Waals surface area (Å²) in [5.41, 5.74) is 11.4. The third-order valence-electron chi connectivity index (χ3n) is 19.8. The molecule has 10 unspecified atom stereocenters. The number of hydrogen-bond donors (Lipinski definition) is 14. The van der Waals surface area contributed by atoms with Crippen molar-refractivity contribution in [3.8, 4) is 17.6 Å². The van der Waals surface area contributed by atoms with E-state index in [9.17, 15) is 101 Å². The summed E-state index contributed by atoms with van der Waals surface area (Å²) in [5, 5.41) is 51.6. The van der Waals surface area contributed by atoms with Gasteiger partial charge in [0, 0.05) is 112 Å². The maximum Gasteiger partial charge on any atom is 0.490 e. The molecule has 119 heavy (non-hydrogen) atoms. The van der Waals surface area contributed by atoms with Crippen LogP contribution in [-0.4, -0.2) is 242 Å². The van der Waals surface area contributed by atoms with Crippen LogP contribution in [0.4, 0.5) is 5.82 Å². The van der Waals surface area contributed by atoms with E-state index in [0.29, 0.717) is 24.9 Å². The number of phosphoric ester groups is 1. The number of phosphoric acid groups is 3. The Kier molecular flexibility index (Phi) is 35.1. The summed E-state index contributed by atoms with van der Waals surface area (Å²) in [7, 11) is -12.8. The Hall–Kier alpha value is -9.17. The van der Waals surface area contributed by atoms with E-state index in [-0.39, 0.29) is 149 Å². The minimum absolute atomic E-state index is 0.00873. The van der Waals surface area contributed by atoms with Crippen LogP contribution in [0.1, 0.15) is 167 Å². The molecule has 4 aliphatic heterocycles. The molecule has 5 heterocycles. The van der Waals surface area contributed by atoms with Gasteiger partial charge in [-0.2, -0.15) is 13.6 Å². The monoisotopic (exact) mass is 1760 g/mol. The van der Waals surface area contributed by atoms with Crippen molar-refractivity contribution in [2.24, 2.45) is 10.9 Å². The second kappa shape index (κ2) is 43.9. The highest BCUT2D eigenvalue weighted by Gasteiger charge is 2.46. The number of nitrogens with zero attached hydrogens (tertiary/aromatic N) is 6. The molecule has 1 aromatic heterocycles.